The Morgan fingerprint density at radius 2 is 1.76 bits per heavy atom. The molecule has 0 bridgehead atoms. The summed E-state index contributed by atoms with van der Waals surface area (Å²) < 4.78 is 27.6. The molecule has 2 aromatic rings. The van der Waals surface area contributed by atoms with Gasteiger partial charge in [-0.1, -0.05) is 42.8 Å². The predicted octanol–water partition coefficient (Wildman–Crippen LogP) is 2.93. The van der Waals surface area contributed by atoms with Crippen molar-refractivity contribution in [2.24, 2.45) is 5.92 Å². The molecule has 1 heterocycles. The van der Waals surface area contributed by atoms with Crippen molar-refractivity contribution >= 4 is 21.8 Å². The van der Waals surface area contributed by atoms with Crippen LogP contribution in [0.1, 0.15) is 40.4 Å². The third-order valence-corrected chi connectivity index (χ3v) is 7.75. The molecule has 2 unspecified atom stereocenters. The number of aryl methyl sites for hydroxylation is 2. The number of hydrogen-bond acceptors (Lipinski definition) is 4. The SMILES string of the molecule is C=CC(=O)NC1CCN(S(=O)(=O)c2ccc(C(=O)NCc3cc(C)cc(C)c3)cc2)CC1C. The number of carbonyl (C=O) groups excluding carboxylic acids is 2. The van der Waals surface area contributed by atoms with Crippen LogP contribution >= 0.6 is 0 Å². The minimum atomic E-state index is -3.69. The van der Waals surface area contributed by atoms with E-state index in [1.807, 2.05) is 32.9 Å². The van der Waals surface area contributed by atoms with Crippen molar-refractivity contribution in [1.29, 1.82) is 0 Å². The summed E-state index contributed by atoms with van der Waals surface area (Å²) in [6.45, 7) is 10.4. The van der Waals surface area contributed by atoms with E-state index in [9.17, 15) is 18.0 Å². The van der Waals surface area contributed by atoms with Crippen molar-refractivity contribution in [2.45, 2.75) is 44.7 Å². The second-order valence-corrected chi connectivity index (χ2v) is 10.6. The molecule has 1 aliphatic rings. The van der Waals surface area contributed by atoms with Gasteiger partial charge in [0.05, 0.1) is 4.90 Å². The molecule has 176 valence electrons. The average molecular weight is 470 g/mol. The van der Waals surface area contributed by atoms with Crippen LogP contribution in [-0.4, -0.2) is 43.7 Å². The second-order valence-electron chi connectivity index (χ2n) is 8.65. The van der Waals surface area contributed by atoms with Crippen molar-refractivity contribution in [3.8, 4) is 0 Å². The van der Waals surface area contributed by atoms with Crippen LogP contribution in [0.4, 0.5) is 0 Å². The molecule has 2 atom stereocenters. The lowest BCUT2D eigenvalue weighted by molar-refractivity contribution is -0.117. The van der Waals surface area contributed by atoms with E-state index in [0.29, 0.717) is 31.6 Å². The number of nitrogens with zero attached hydrogens (tertiary/aromatic N) is 1. The van der Waals surface area contributed by atoms with E-state index in [0.717, 1.165) is 16.7 Å². The molecular weight excluding hydrogens is 438 g/mol. The molecule has 1 saturated heterocycles. The Hall–Kier alpha value is -2.97. The Balaban J connectivity index is 1.63. The largest absolute Gasteiger partial charge is 0.349 e. The Morgan fingerprint density at radius 1 is 1.12 bits per heavy atom. The minimum Gasteiger partial charge on any atom is -0.349 e. The Labute approximate surface area is 195 Å². The highest BCUT2D eigenvalue weighted by Crippen LogP contribution is 2.24. The standard InChI is InChI=1S/C25H31N3O4S/c1-5-24(29)27-23-10-11-28(16-19(23)4)33(31,32)22-8-6-21(7-9-22)25(30)26-15-20-13-17(2)12-18(3)14-20/h5-9,12-14,19,23H,1,10-11,15-16H2,2-4H3,(H,26,30)(H,27,29). The van der Waals surface area contributed by atoms with Gasteiger partial charge in [-0.25, -0.2) is 8.42 Å². The van der Waals surface area contributed by atoms with Crippen molar-refractivity contribution in [3.63, 3.8) is 0 Å². The van der Waals surface area contributed by atoms with E-state index in [1.54, 1.807) is 0 Å². The summed E-state index contributed by atoms with van der Waals surface area (Å²) in [6, 6.07) is 12.0. The van der Waals surface area contributed by atoms with Gasteiger partial charge >= 0.3 is 0 Å². The van der Waals surface area contributed by atoms with E-state index in [-0.39, 0.29) is 28.7 Å². The van der Waals surface area contributed by atoms with E-state index in [1.165, 1.54) is 34.6 Å². The second kappa shape index (κ2) is 10.3. The maximum absolute atomic E-state index is 13.1. The Bertz CT molecular complexity index is 1120. The molecule has 0 spiro atoms. The zero-order valence-corrected chi connectivity index (χ0v) is 20.1. The van der Waals surface area contributed by atoms with Crippen LogP contribution in [0.5, 0.6) is 0 Å². The number of amides is 2. The van der Waals surface area contributed by atoms with Gasteiger partial charge in [0.1, 0.15) is 0 Å². The summed E-state index contributed by atoms with van der Waals surface area (Å²) in [7, 11) is -3.69. The van der Waals surface area contributed by atoms with E-state index in [2.05, 4.69) is 23.3 Å². The highest BCUT2D eigenvalue weighted by Gasteiger charge is 2.34. The van der Waals surface area contributed by atoms with Crippen LogP contribution in [0.2, 0.25) is 0 Å². The van der Waals surface area contributed by atoms with Crippen LogP contribution in [0.15, 0.2) is 60.0 Å². The van der Waals surface area contributed by atoms with Crippen LogP contribution in [0.25, 0.3) is 0 Å². The first-order chi connectivity index (χ1) is 15.6. The zero-order valence-electron chi connectivity index (χ0n) is 19.3. The number of benzene rings is 2. The van der Waals surface area contributed by atoms with Gasteiger partial charge in [0.15, 0.2) is 0 Å². The molecule has 2 amide bonds. The third-order valence-electron chi connectivity index (χ3n) is 5.87. The fraction of sp³-hybridized carbons (Fsp3) is 0.360. The van der Waals surface area contributed by atoms with Crippen molar-refractivity contribution in [3.05, 3.63) is 77.4 Å². The van der Waals surface area contributed by atoms with Crippen molar-refractivity contribution in [2.75, 3.05) is 13.1 Å². The molecule has 3 rings (SSSR count). The molecule has 2 N–H and O–H groups in total. The molecule has 0 radical (unpaired) electrons. The summed E-state index contributed by atoms with van der Waals surface area (Å²) >= 11 is 0. The third kappa shape index (κ3) is 6.09. The molecule has 33 heavy (non-hydrogen) atoms. The first-order valence-corrected chi connectivity index (χ1v) is 12.4. The number of nitrogens with one attached hydrogen (secondary N) is 2. The van der Waals surface area contributed by atoms with Crippen LogP contribution in [0, 0.1) is 19.8 Å². The van der Waals surface area contributed by atoms with Gasteiger partial charge in [-0.15, -0.1) is 0 Å². The van der Waals surface area contributed by atoms with Crippen molar-refractivity contribution < 1.29 is 18.0 Å². The lowest BCUT2D eigenvalue weighted by Crippen LogP contribution is -2.51. The van der Waals surface area contributed by atoms with Gasteiger partial charge in [0, 0.05) is 31.2 Å². The predicted molar refractivity (Wildman–Crippen MR) is 128 cm³/mol. The van der Waals surface area contributed by atoms with Crippen LogP contribution in [0.3, 0.4) is 0 Å². The number of hydrogen-bond donors (Lipinski definition) is 2. The highest BCUT2D eigenvalue weighted by atomic mass is 32.2. The molecule has 0 aromatic heterocycles. The smallest absolute Gasteiger partial charge is 0.251 e. The lowest BCUT2D eigenvalue weighted by Gasteiger charge is -2.36. The summed E-state index contributed by atoms with van der Waals surface area (Å²) in [6.07, 6.45) is 1.74. The quantitative estimate of drug-likeness (QED) is 0.610. The fourth-order valence-corrected chi connectivity index (χ4v) is 5.72. The summed E-state index contributed by atoms with van der Waals surface area (Å²) in [5.74, 6) is -0.548. The first kappa shape index (κ1) is 24.7. The van der Waals surface area contributed by atoms with E-state index >= 15 is 0 Å². The van der Waals surface area contributed by atoms with Crippen LogP contribution < -0.4 is 10.6 Å². The van der Waals surface area contributed by atoms with Gasteiger partial charge in [0.2, 0.25) is 15.9 Å². The minimum absolute atomic E-state index is 0.0345. The van der Waals surface area contributed by atoms with E-state index < -0.39 is 10.0 Å². The van der Waals surface area contributed by atoms with Gasteiger partial charge in [-0.2, -0.15) is 4.31 Å². The first-order valence-electron chi connectivity index (χ1n) is 11.0. The summed E-state index contributed by atoms with van der Waals surface area (Å²) in [4.78, 5) is 24.3. The Morgan fingerprint density at radius 3 is 2.33 bits per heavy atom. The Kier molecular flexibility index (Phi) is 7.71. The molecule has 0 saturated carbocycles. The average Bonchev–Trinajstić information content (AvgIpc) is 2.78. The maximum atomic E-state index is 13.1. The van der Waals surface area contributed by atoms with Gasteiger partial charge in [-0.05, 0) is 62.1 Å². The molecule has 8 heteroatoms. The monoisotopic (exact) mass is 469 g/mol. The molecular formula is C25H31N3O4S. The number of rotatable bonds is 7. The van der Waals surface area contributed by atoms with E-state index in [4.69, 9.17) is 0 Å². The molecule has 2 aromatic carbocycles. The van der Waals surface area contributed by atoms with Crippen molar-refractivity contribution in [1.82, 2.24) is 14.9 Å². The van der Waals surface area contributed by atoms with Crippen LogP contribution in [-0.2, 0) is 21.4 Å². The normalized spacial score (nSPS) is 19.0. The molecule has 7 nitrogen and oxygen atoms in total. The summed E-state index contributed by atoms with van der Waals surface area (Å²) in [5.41, 5.74) is 3.69. The number of piperidine rings is 1. The highest BCUT2D eigenvalue weighted by molar-refractivity contribution is 7.89. The molecule has 0 aliphatic carbocycles. The lowest BCUT2D eigenvalue weighted by atomic mass is 9.95. The number of carbonyl (C=O) groups is 2. The maximum Gasteiger partial charge on any atom is 0.251 e. The molecule has 1 fully saturated rings. The molecule has 1 aliphatic heterocycles. The topological polar surface area (TPSA) is 95.6 Å². The fourth-order valence-electron chi connectivity index (χ4n) is 4.16. The van der Waals surface area contributed by atoms with Gasteiger partial charge < -0.3 is 10.6 Å². The number of sulfonamides is 1. The zero-order chi connectivity index (χ0) is 24.2. The summed E-state index contributed by atoms with van der Waals surface area (Å²) in [5, 5.41) is 5.74. The van der Waals surface area contributed by atoms with Gasteiger partial charge in [-0.3, -0.25) is 9.59 Å². The van der Waals surface area contributed by atoms with Gasteiger partial charge in [0.25, 0.3) is 5.91 Å².